The minimum Gasteiger partial charge on any atom is -0.490 e. The molecule has 152 valence electrons. The molecular formula is C21H30N4O3. The number of nitrogens with one attached hydrogen (secondary N) is 1. The number of nitriles is 1. The maximum absolute atomic E-state index is 12.7. The molecule has 1 saturated heterocycles. The lowest BCUT2D eigenvalue weighted by atomic mass is 10.0. The van der Waals surface area contributed by atoms with Crippen LogP contribution in [0.3, 0.4) is 0 Å². The van der Waals surface area contributed by atoms with Crippen LogP contribution in [0.4, 0.5) is 5.69 Å². The van der Waals surface area contributed by atoms with Crippen LogP contribution in [0, 0.1) is 11.3 Å². The van der Waals surface area contributed by atoms with Gasteiger partial charge in [0.1, 0.15) is 11.6 Å². The predicted octanol–water partition coefficient (Wildman–Crippen LogP) is 2.86. The highest BCUT2D eigenvalue weighted by molar-refractivity contribution is 5.97. The molecule has 0 aromatic heterocycles. The largest absolute Gasteiger partial charge is 0.490 e. The van der Waals surface area contributed by atoms with E-state index in [4.69, 9.17) is 9.47 Å². The molecule has 1 aromatic rings. The van der Waals surface area contributed by atoms with Gasteiger partial charge in [0.25, 0.3) is 5.91 Å². The summed E-state index contributed by atoms with van der Waals surface area (Å²) in [5.41, 5.74) is 0.794. The first kappa shape index (κ1) is 21.6. The van der Waals surface area contributed by atoms with Crippen LogP contribution in [-0.4, -0.2) is 62.1 Å². The second-order valence-electron chi connectivity index (χ2n) is 6.79. The van der Waals surface area contributed by atoms with Crippen molar-refractivity contribution in [1.82, 2.24) is 9.80 Å². The van der Waals surface area contributed by atoms with Crippen LogP contribution in [0.25, 0.3) is 0 Å². The number of carbonyl (C=O) groups is 1. The van der Waals surface area contributed by atoms with Crippen LogP contribution in [0.15, 0.2) is 30.0 Å². The van der Waals surface area contributed by atoms with Gasteiger partial charge >= 0.3 is 0 Å². The summed E-state index contributed by atoms with van der Waals surface area (Å²) in [6.45, 7) is 6.79. The molecule has 1 amide bonds. The number of benzene rings is 1. The van der Waals surface area contributed by atoms with Gasteiger partial charge in [-0.2, -0.15) is 5.26 Å². The molecule has 1 N–H and O–H groups in total. The Morgan fingerprint density at radius 3 is 2.54 bits per heavy atom. The second-order valence-corrected chi connectivity index (χ2v) is 6.79. The molecule has 7 heteroatoms. The van der Waals surface area contributed by atoms with Crippen LogP contribution >= 0.6 is 0 Å². The van der Waals surface area contributed by atoms with Gasteiger partial charge in [0.05, 0.1) is 13.2 Å². The molecule has 1 aliphatic rings. The van der Waals surface area contributed by atoms with Crippen LogP contribution in [-0.2, 0) is 4.79 Å². The molecule has 0 aliphatic carbocycles. The smallest absolute Gasteiger partial charge is 0.266 e. The van der Waals surface area contributed by atoms with Gasteiger partial charge in [0.15, 0.2) is 11.5 Å². The minimum absolute atomic E-state index is 0.0771. The summed E-state index contributed by atoms with van der Waals surface area (Å²) in [4.78, 5) is 16.7. The Morgan fingerprint density at radius 2 is 1.93 bits per heavy atom. The number of nitrogens with zero attached hydrogens (tertiary/aromatic N) is 3. The third-order valence-electron chi connectivity index (χ3n) is 4.83. The Balaban J connectivity index is 2.08. The molecule has 0 unspecified atom stereocenters. The first-order chi connectivity index (χ1) is 13.5. The molecule has 1 heterocycles. The summed E-state index contributed by atoms with van der Waals surface area (Å²) in [5.74, 6) is 1.02. The fourth-order valence-electron chi connectivity index (χ4n) is 3.18. The number of hydrogen-bond acceptors (Lipinski definition) is 6. The number of amides is 1. The number of rotatable bonds is 8. The molecule has 1 aromatic carbocycles. The van der Waals surface area contributed by atoms with Crippen molar-refractivity contribution in [3.05, 3.63) is 30.0 Å². The van der Waals surface area contributed by atoms with Gasteiger partial charge in [0, 0.05) is 31.0 Å². The van der Waals surface area contributed by atoms with Gasteiger partial charge in [-0.25, -0.2) is 0 Å². The summed E-state index contributed by atoms with van der Waals surface area (Å²) in [6, 6.07) is 7.60. The Kier molecular flexibility index (Phi) is 8.15. The number of carbonyl (C=O) groups excluding carboxylic acids is 1. The molecule has 0 atom stereocenters. The molecule has 2 rings (SSSR count). The lowest BCUT2D eigenvalue weighted by molar-refractivity contribution is -0.128. The summed E-state index contributed by atoms with van der Waals surface area (Å²) >= 11 is 0. The van der Waals surface area contributed by atoms with E-state index >= 15 is 0 Å². The van der Waals surface area contributed by atoms with E-state index in [0.29, 0.717) is 24.7 Å². The topological polar surface area (TPSA) is 77.8 Å². The van der Waals surface area contributed by atoms with E-state index in [1.54, 1.807) is 18.0 Å². The van der Waals surface area contributed by atoms with E-state index in [2.05, 4.69) is 17.3 Å². The molecule has 7 nitrogen and oxygen atoms in total. The van der Waals surface area contributed by atoms with Crippen LogP contribution in [0.2, 0.25) is 0 Å². The number of anilines is 1. The molecular weight excluding hydrogens is 356 g/mol. The Bertz CT molecular complexity index is 734. The zero-order valence-corrected chi connectivity index (χ0v) is 17.2. The van der Waals surface area contributed by atoms with Gasteiger partial charge in [-0.1, -0.05) is 0 Å². The highest BCUT2D eigenvalue weighted by atomic mass is 16.5. The molecule has 0 radical (unpaired) electrons. The maximum Gasteiger partial charge on any atom is 0.266 e. The minimum atomic E-state index is -0.263. The first-order valence-electron chi connectivity index (χ1n) is 9.72. The summed E-state index contributed by atoms with van der Waals surface area (Å²) in [7, 11) is 3.85. The maximum atomic E-state index is 12.7. The third-order valence-corrected chi connectivity index (χ3v) is 4.83. The Hall–Kier alpha value is -2.72. The highest BCUT2D eigenvalue weighted by Gasteiger charge is 2.25. The van der Waals surface area contributed by atoms with Crippen molar-refractivity contribution in [3.63, 3.8) is 0 Å². The molecule has 28 heavy (non-hydrogen) atoms. The highest BCUT2D eigenvalue weighted by Crippen LogP contribution is 2.30. The predicted molar refractivity (Wildman–Crippen MR) is 109 cm³/mol. The lowest BCUT2D eigenvalue weighted by Gasteiger charge is -2.34. The van der Waals surface area contributed by atoms with Crippen molar-refractivity contribution >= 4 is 11.6 Å². The van der Waals surface area contributed by atoms with E-state index in [1.807, 2.05) is 32.0 Å². The van der Waals surface area contributed by atoms with Gasteiger partial charge in [-0.15, -0.1) is 0 Å². The van der Waals surface area contributed by atoms with Gasteiger partial charge in [-0.05, 0) is 59.0 Å². The van der Waals surface area contributed by atoms with Crippen molar-refractivity contribution in [3.8, 4) is 17.6 Å². The van der Waals surface area contributed by atoms with Crippen molar-refractivity contribution < 1.29 is 14.3 Å². The fourth-order valence-corrected chi connectivity index (χ4v) is 3.18. The lowest BCUT2D eigenvalue weighted by Crippen LogP contribution is -2.44. The van der Waals surface area contributed by atoms with Crippen LogP contribution < -0.4 is 14.8 Å². The van der Waals surface area contributed by atoms with Crippen molar-refractivity contribution in [1.29, 1.82) is 5.26 Å². The van der Waals surface area contributed by atoms with E-state index in [-0.39, 0.29) is 17.5 Å². The Labute approximate surface area is 167 Å². The average Bonchev–Trinajstić information content (AvgIpc) is 2.70. The normalized spacial score (nSPS) is 15.6. The monoisotopic (exact) mass is 386 g/mol. The summed E-state index contributed by atoms with van der Waals surface area (Å²) in [6.07, 6.45) is 3.29. The van der Waals surface area contributed by atoms with Crippen molar-refractivity contribution in [2.24, 2.45) is 0 Å². The van der Waals surface area contributed by atoms with Gasteiger partial charge < -0.3 is 24.6 Å². The first-order valence-corrected chi connectivity index (χ1v) is 9.72. The number of likely N-dealkylation sites (N-methyl/N-ethyl adjacent to an activating group) is 1. The standard InChI is InChI=1S/C21H30N4O3/c1-5-27-19-8-7-17(13-20(19)28-6-2)23-15-16(14-22)21(26)25(4)18-9-11-24(3)12-10-18/h7-8,13,15,18,23H,5-6,9-12H2,1-4H3/b16-15-. The number of likely N-dealkylation sites (tertiary alicyclic amines) is 1. The quantitative estimate of drug-likeness (QED) is 0.547. The second kappa shape index (κ2) is 10.6. The van der Waals surface area contributed by atoms with Crippen molar-refractivity contribution in [2.45, 2.75) is 32.7 Å². The zero-order chi connectivity index (χ0) is 20.5. The van der Waals surface area contributed by atoms with Crippen LogP contribution in [0.5, 0.6) is 11.5 Å². The fraction of sp³-hybridized carbons (Fsp3) is 0.524. The average molecular weight is 386 g/mol. The molecule has 0 spiro atoms. The van der Waals surface area contributed by atoms with Crippen molar-refractivity contribution in [2.75, 3.05) is 45.7 Å². The van der Waals surface area contributed by atoms with E-state index < -0.39 is 0 Å². The zero-order valence-electron chi connectivity index (χ0n) is 17.2. The number of piperidine rings is 1. The number of ether oxygens (including phenoxy) is 2. The molecule has 1 aliphatic heterocycles. The number of hydrogen-bond donors (Lipinski definition) is 1. The van der Waals surface area contributed by atoms with Gasteiger partial charge in [-0.3, -0.25) is 4.79 Å². The molecule has 0 bridgehead atoms. The SMILES string of the molecule is CCOc1ccc(N/C=C(/C#N)C(=O)N(C)C2CCN(C)CC2)cc1OCC. The van der Waals surface area contributed by atoms with E-state index in [9.17, 15) is 10.1 Å². The third kappa shape index (κ3) is 5.64. The van der Waals surface area contributed by atoms with E-state index in [0.717, 1.165) is 31.6 Å². The van der Waals surface area contributed by atoms with E-state index in [1.165, 1.54) is 6.20 Å². The molecule has 1 fully saturated rings. The summed E-state index contributed by atoms with van der Waals surface area (Å²) in [5, 5.41) is 12.5. The van der Waals surface area contributed by atoms with Gasteiger partial charge in [0.2, 0.25) is 0 Å². The van der Waals surface area contributed by atoms with Crippen LogP contribution in [0.1, 0.15) is 26.7 Å². The summed E-state index contributed by atoms with van der Waals surface area (Å²) < 4.78 is 11.2. The molecule has 0 saturated carbocycles. The Morgan fingerprint density at radius 1 is 1.29 bits per heavy atom.